The van der Waals surface area contributed by atoms with E-state index in [1.807, 2.05) is 11.7 Å². The summed E-state index contributed by atoms with van der Waals surface area (Å²) < 4.78 is 1.98. The number of likely N-dealkylation sites (tertiary alicyclic amines) is 1. The van der Waals surface area contributed by atoms with Gasteiger partial charge in [0.1, 0.15) is 0 Å². The van der Waals surface area contributed by atoms with Crippen LogP contribution in [0.3, 0.4) is 0 Å². The summed E-state index contributed by atoms with van der Waals surface area (Å²) in [6.45, 7) is 8.47. The first-order chi connectivity index (χ1) is 8.06. The van der Waals surface area contributed by atoms with E-state index < -0.39 is 0 Å². The van der Waals surface area contributed by atoms with Crippen molar-refractivity contribution in [3.63, 3.8) is 0 Å². The van der Waals surface area contributed by atoms with E-state index in [0.717, 1.165) is 18.8 Å². The Morgan fingerprint density at radius 1 is 1.47 bits per heavy atom. The highest BCUT2D eigenvalue weighted by atomic mass is 15.3. The molecule has 0 spiro atoms. The van der Waals surface area contributed by atoms with E-state index in [2.05, 4.69) is 30.8 Å². The van der Waals surface area contributed by atoms with Crippen LogP contribution >= 0.6 is 0 Å². The minimum Gasteiger partial charge on any atom is -0.329 e. The molecule has 0 radical (unpaired) electrons. The molecule has 2 rings (SSSR count). The van der Waals surface area contributed by atoms with Gasteiger partial charge in [0.25, 0.3) is 0 Å². The van der Waals surface area contributed by atoms with Gasteiger partial charge in [0.15, 0.2) is 0 Å². The molecular weight excluding hydrogens is 212 g/mol. The van der Waals surface area contributed by atoms with E-state index in [9.17, 15) is 0 Å². The molecule has 1 aromatic heterocycles. The smallest absolute Gasteiger partial charge is 0.0644 e. The van der Waals surface area contributed by atoms with Gasteiger partial charge in [-0.05, 0) is 40.2 Å². The SMILES string of the molecule is Cc1nn(C)c(C)c1C(C)N1CCCC1CN. The van der Waals surface area contributed by atoms with Crippen molar-refractivity contribution in [1.82, 2.24) is 14.7 Å². The molecule has 0 aromatic carbocycles. The summed E-state index contributed by atoms with van der Waals surface area (Å²) in [6.07, 6.45) is 2.50. The third-order valence-corrected chi connectivity index (χ3v) is 4.17. The molecule has 17 heavy (non-hydrogen) atoms. The topological polar surface area (TPSA) is 47.1 Å². The summed E-state index contributed by atoms with van der Waals surface area (Å²) in [6, 6.07) is 0.976. The minimum absolute atomic E-state index is 0.430. The van der Waals surface area contributed by atoms with Gasteiger partial charge in [0, 0.05) is 36.9 Å². The van der Waals surface area contributed by atoms with Crippen molar-refractivity contribution < 1.29 is 0 Å². The maximum absolute atomic E-state index is 5.86. The lowest BCUT2D eigenvalue weighted by Crippen LogP contribution is -2.37. The minimum atomic E-state index is 0.430. The second-order valence-corrected chi connectivity index (χ2v) is 5.15. The van der Waals surface area contributed by atoms with Crippen molar-refractivity contribution in [3.8, 4) is 0 Å². The predicted molar refractivity (Wildman–Crippen MR) is 69.9 cm³/mol. The molecule has 1 aliphatic heterocycles. The van der Waals surface area contributed by atoms with Crippen molar-refractivity contribution in [2.45, 2.75) is 45.7 Å². The number of hydrogen-bond donors (Lipinski definition) is 1. The fourth-order valence-electron chi connectivity index (χ4n) is 3.18. The molecule has 96 valence electrons. The van der Waals surface area contributed by atoms with E-state index in [0.29, 0.717) is 12.1 Å². The quantitative estimate of drug-likeness (QED) is 0.865. The van der Waals surface area contributed by atoms with Gasteiger partial charge in [-0.3, -0.25) is 9.58 Å². The van der Waals surface area contributed by atoms with Gasteiger partial charge >= 0.3 is 0 Å². The molecule has 0 amide bonds. The molecule has 4 nitrogen and oxygen atoms in total. The van der Waals surface area contributed by atoms with Gasteiger partial charge in [-0.1, -0.05) is 0 Å². The Kier molecular flexibility index (Phi) is 3.54. The number of rotatable bonds is 3. The van der Waals surface area contributed by atoms with Crippen molar-refractivity contribution in [2.24, 2.45) is 12.8 Å². The van der Waals surface area contributed by atoms with Gasteiger partial charge in [-0.25, -0.2) is 0 Å². The Morgan fingerprint density at radius 2 is 2.18 bits per heavy atom. The number of hydrogen-bond acceptors (Lipinski definition) is 3. The van der Waals surface area contributed by atoms with Crippen LogP contribution in [-0.4, -0.2) is 33.8 Å². The third kappa shape index (κ3) is 2.11. The van der Waals surface area contributed by atoms with E-state index in [1.165, 1.54) is 24.1 Å². The molecule has 1 aliphatic rings. The van der Waals surface area contributed by atoms with E-state index in [-0.39, 0.29) is 0 Å². The van der Waals surface area contributed by atoms with Crippen LogP contribution in [0.1, 0.15) is 42.8 Å². The Balaban J connectivity index is 2.27. The molecular formula is C13H24N4. The van der Waals surface area contributed by atoms with E-state index in [4.69, 9.17) is 5.73 Å². The lowest BCUT2D eigenvalue weighted by molar-refractivity contribution is 0.196. The highest BCUT2D eigenvalue weighted by Crippen LogP contribution is 2.31. The maximum Gasteiger partial charge on any atom is 0.0644 e. The lowest BCUT2D eigenvalue weighted by Gasteiger charge is -2.30. The fourth-order valence-corrected chi connectivity index (χ4v) is 3.18. The van der Waals surface area contributed by atoms with Gasteiger partial charge in [-0.15, -0.1) is 0 Å². The second-order valence-electron chi connectivity index (χ2n) is 5.15. The molecule has 1 aromatic rings. The Bertz CT molecular complexity index is 396. The average molecular weight is 236 g/mol. The molecule has 1 fully saturated rings. The van der Waals surface area contributed by atoms with Crippen LogP contribution < -0.4 is 5.73 Å². The third-order valence-electron chi connectivity index (χ3n) is 4.17. The standard InChI is InChI=1S/C13H24N4/c1-9-13(10(2)16(4)15-9)11(3)17-7-5-6-12(17)8-14/h11-12H,5-8,14H2,1-4H3. The van der Waals surface area contributed by atoms with Gasteiger partial charge in [0.2, 0.25) is 0 Å². The van der Waals surface area contributed by atoms with Gasteiger partial charge < -0.3 is 5.73 Å². The van der Waals surface area contributed by atoms with Crippen LogP contribution in [0.15, 0.2) is 0 Å². The monoisotopic (exact) mass is 236 g/mol. The number of aryl methyl sites for hydroxylation is 2. The highest BCUT2D eigenvalue weighted by Gasteiger charge is 2.30. The predicted octanol–water partition coefficient (Wildman–Crippen LogP) is 1.52. The highest BCUT2D eigenvalue weighted by molar-refractivity contribution is 5.28. The first-order valence-corrected chi connectivity index (χ1v) is 6.52. The Morgan fingerprint density at radius 3 is 2.71 bits per heavy atom. The average Bonchev–Trinajstić information content (AvgIpc) is 2.84. The molecule has 0 saturated carbocycles. The number of aromatic nitrogens is 2. The molecule has 1 saturated heterocycles. The molecule has 4 heteroatoms. The summed E-state index contributed by atoms with van der Waals surface area (Å²) in [4.78, 5) is 2.54. The molecule has 2 unspecified atom stereocenters. The molecule has 0 aliphatic carbocycles. The van der Waals surface area contributed by atoms with Gasteiger partial charge in [0.05, 0.1) is 5.69 Å². The molecule has 2 atom stereocenters. The Hall–Kier alpha value is -0.870. The zero-order valence-corrected chi connectivity index (χ0v) is 11.4. The zero-order valence-electron chi connectivity index (χ0n) is 11.4. The van der Waals surface area contributed by atoms with Crippen molar-refractivity contribution in [1.29, 1.82) is 0 Å². The summed E-state index contributed by atoms with van der Waals surface area (Å²) in [5.41, 5.74) is 9.67. The lowest BCUT2D eigenvalue weighted by atomic mass is 10.0. The van der Waals surface area contributed by atoms with Crippen molar-refractivity contribution in [3.05, 3.63) is 17.0 Å². The second kappa shape index (κ2) is 4.78. The first kappa shape index (κ1) is 12.6. The largest absolute Gasteiger partial charge is 0.329 e. The first-order valence-electron chi connectivity index (χ1n) is 6.52. The zero-order chi connectivity index (χ0) is 12.6. The van der Waals surface area contributed by atoms with E-state index in [1.54, 1.807) is 0 Å². The van der Waals surface area contributed by atoms with Gasteiger partial charge in [-0.2, -0.15) is 5.10 Å². The van der Waals surface area contributed by atoms with Crippen LogP contribution in [0.5, 0.6) is 0 Å². The van der Waals surface area contributed by atoms with Crippen LogP contribution in [-0.2, 0) is 7.05 Å². The fraction of sp³-hybridized carbons (Fsp3) is 0.769. The number of nitrogens with two attached hydrogens (primary N) is 1. The van der Waals surface area contributed by atoms with Crippen molar-refractivity contribution >= 4 is 0 Å². The normalized spacial score (nSPS) is 23.2. The molecule has 0 bridgehead atoms. The Labute approximate surface area is 104 Å². The van der Waals surface area contributed by atoms with Crippen molar-refractivity contribution in [2.75, 3.05) is 13.1 Å². The molecule has 2 N–H and O–H groups in total. The van der Waals surface area contributed by atoms with Crippen LogP contribution in [0.25, 0.3) is 0 Å². The van der Waals surface area contributed by atoms with Crippen LogP contribution in [0.2, 0.25) is 0 Å². The molecule has 2 heterocycles. The maximum atomic E-state index is 5.86. The van der Waals surface area contributed by atoms with Crippen LogP contribution in [0, 0.1) is 13.8 Å². The summed E-state index contributed by atoms with van der Waals surface area (Å²) in [5.74, 6) is 0. The van der Waals surface area contributed by atoms with Crippen LogP contribution in [0.4, 0.5) is 0 Å². The number of nitrogens with zero attached hydrogens (tertiary/aromatic N) is 3. The van der Waals surface area contributed by atoms with E-state index >= 15 is 0 Å². The summed E-state index contributed by atoms with van der Waals surface area (Å²) >= 11 is 0. The summed E-state index contributed by atoms with van der Waals surface area (Å²) in [5, 5.41) is 4.51. The summed E-state index contributed by atoms with van der Waals surface area (Å²) in [7, 11) is 2.02.